The summed E-state index contributed by atoms with van der Waals surface area (Å²) in [7, 11) is -3.57. The average Bonchev–Trinajstić information content (AvgIpc) is 3.03. The predicted molar refractivity (Wildman–Crippen MR) is 93.0 cm³/mol. The molecule has 1 aliphatic heterocycles. The van der Waals surface area contributed by atoms with E-state index in [0.29, 0.717) is 16.5 Å². The summed E-state index contributed by atoms with van der Waals surface area (Å²) in [5, 5.41) is 9.84. The largest absolute Gasteiger partial charge is 0.396 e. The Morgan fingerprint density at radius 3 is 2.92 bits per heavy atom. The van der Waals surface area contributed by atoms with E-state index in [-0.39, 0.29) is 37.0 Å². The van der Waals surface area contributed by atoms with E-state index in [9.17, 15) is 9.67 Å². The molecule has 3 heterocycles. The number of nitrogens with two attached hydrogens (primary N) is 1. The van der Waals surface area contributed by atoms with Crippen LogP contribution in [0.1, 0.15) is 20.3 Å². The van der Waals surface area contributed by atoms with E-state index in [4.69, 9.17) is 26.4 Å². The second-order valence-corrected chi connectivity index (χ2v) is 8.13. The summed E-state index contributed by atoms with van der Waals surface area (Å²) in [5.74, 6) is 0.267. The molecular weight excluding hydrogens is 369 g/mol. The van der Waals surface area contributed by atoms with Crippen molar-refractivity contribution in [1.29, 1.82) is 0 Å². The van der Waals surface area contributed by atoms with Crippen LogP contribution in [0.25, 0.3) is 11.2 Å². The van der Waals surface area contributed by atoms with Crippen LogP contribution in [0.2, 0.25) is 0 Å². The van der Waals surface area contributed by atoms with Crippen molar-refractivity contribution in [2.75, 3.05) is 18.9 Å². The van der Waals surface area contributed by atoms with E-state index in [0.717, 1.165) is 0 Å². The Kier molecular flexibility index (Phi) is 4.87. The van der Waals surface area contributed by atoms with Crippen LogP contribution in [0.15, 0.2) is 23.0 Å². The molecule has 0 amide bonds. The molecule has 0 saturated heterocycles. The predicted octanol–water partition coefficient (Wildman–Crippen LogP) is 2.26. The zero-order valence-electron chi connectivity index (χ0n) is 13.8. The Labute approximate surface area is 149 Å². The van der Waals surface area contributed by atoms with Crippen LogP contribution in [0.5, 0.6) is 0 Å². The molecule has 2 aromatic rings. The van der Waals surface area contributed by atoms with Crippen molar-refractivity contribution in [2.24, 2.45) is 0 Å². The van der Waals surface area contributed by atoms with Crippen molar-refractivity contribution < 1.29 is 18.7 Å². The highest BCUT2D eigenvalue weighted by Gasteiger charge is 2.51. The van der Waals surface area contributed by atoms with Crippen LogP contribution in [-0.2, 0) is 20.2 Å². The summed E-state index contributed by atoms with van der Waals surface area (Å²) in [6, 6.07) is 0. The number of fused-ring (bicyclic) bond motifs is 1. The van der Waals surface area contributed by atoms with Crippen LogP contribution in [-0.4, -0.2) is 43.4 Å². The summed E-state index contributed by atoms with van der Waals surface area (Å²) in [6.07, 6.45) is 3.00. The molecule has 0 aromatic carbocycles. The molecule has 0 radical (unpaired) electrons. The van der Waals surface area contributed by atoms with Gasteiger partial charge in [0.2, 0.25) is 0 Å². The first-order chi connectivity index (χ1) is 11.8. The molecule has 0 saturated carbocycles. The Bertz CT molecular complexity index is 885. The number of imidazole rings is 1. The van der Waals surface area contributed by atoms with Crippen molar-refractivity contribution in [2.45, 2.75) is 32.4 Å². The Morgan fingerprint density at radius 2 is 2.24 bits per heavy atom. The number of halogens is 1. The van der Waals surface area contributed by atoms with Crippen molar-refractivity contribution in [3.63, 3.8) is 0 Å². The second kappa shape index (κ2) is 6.66. The summed E-state index contributed by atoms with van der Waals surface area (Å²) in [5.41, 5.74) is 5.67. The quantitative estimate of drug-likeness (QED) is 0.723. The first-order valence-corrected chi connectivity index (χ1v) is 9.64. The minimum absolute atomic E-state index is 0.117. The number of aromatic nitrogens is 4. The van der Waals surface area contributed by atoms with Crippen LogP contribution in [0.4, 0.5) is 5.82 Å². The highest BCUT2D eigenvalue weighted by Crippen LogP contribution is 2.68. The SMILES string of the molecule is CCOP1(=O)OC(C)(Cn2cnc3c(N)ncnc32)C(Cl)=C1CCO. The van der Waals surface area contributed by atoms with Gasteiger partial charge in [-0.1, -0.05) is 11.6 Å². The van der Waals surface area contributed by atoms with Gasteiger partial charge in [0.1, 0.15) is 17.4 Å². The smallest absolute Gasteiger partial charge is 0.359 e. The minimum Gasteiger partial charge on any atom is -0.396 e. The number of anilines is 1. The number of aliphatic hydroxyl groups is 1. The van der Waals surface area contributed by atoms with Crippen LogP contribution >= 0.6 is 19.2 Å². The van der Waals surface area contributed by atoms with Gasteiger partial charge >= 0.3 is 7.60 Å². The van der Waals surface area contributed by atoms with Crippen molar-refractivity contribution in [3.8, 4) is 0 Å². The molecule has 136 valence electrons. The van der Waals surface area contributed by atoms with Gasteiger partial charge in [0.25, 0.3) is 0 Å². The zero-order chi connectivity index (χ0) is 18.2. The molecule has 0 fully saturated rings. The Morgan fingerprint density at radius 1 is 1.48 bits per heavy atom. The van der Waals surface area contributed by atoms with Crippen molar-refractivity contribution in [3.05, 3.63) is 23.0 Å². The van der Waals surface area contributed by atoms with Gasteiger partial charge in [0.05, 0.1) is 29.8 Å². The summed E-state index contributed by atoms with van der Waals surface area (Å²) in [6.45, 7) is 3.61. The van der Waals surface area contributed by atoms with Crippen molar-refractivity contribution >= 4 is 36.2 Å². The van der Waals surface area contributed by atoms with Crippen LogP contribution < -0.4 is 5.73 Å². The molecule has 0 bridgehead atoms. The lowest BCUT2D eigenvalue weighted by molar-refractivity contribution is 0.101. The van der Waals surface area contributed by atoms with Crippen LogP contribution in [0.3, 0.4) is 0 Å². The third kappa shape index (κ3) is 3.07. The number of hydrogen-bond donors (Lipinski definition) is 2. The van der Waals surface area contributed by atoms with Crippen LogP contribution in [0, 0.1) is 0 Å². The van der Waals surface area contributed by atoms with Gasteiger partial charge in [-0.3, -0.25) is 9.09 Å². The van der Waals surface area contributed by atoms with Gasteiger partial charge in [-0.15, -0.1) is 0 Å². The van der Waals surface area contributed by atoms with E-state index in [1.165, 1.54) is 6.33 Å². The molecule has 2 atom stereocenters. The maximum absolute atomic E-state index is 13.0. The van der Waals surface area contributed by atoms with Gasteiger partial charge in [0, 0.05) is 13.0 Å². The first kappa shape index (κ1) is 18.3. The van der Waals surface area contributed by atoms with Gasteiger partial charge in [-0.05, 0) is 13.8 Å². The maximum Gasteiger partial charge on any atom is 0.359 e. The summed E-state index contributed by atoms with van der Waals surface area (Å²) < 4.78 is 25.9. The standard InChI is InChI=1S/C14H19ClN5O4P/c1-3-23-25(22)9(4-5-21)11(15)14(2,24-25)6-20-8-19-10-12(16)17-7-18-13(10)20/h7-8,21H,3-6H2,1-2H3,(H2,16,17,18). The topological polar surface area (TPSA) is 125 Å². The van der Waals surface area contributed by atoms with Gasteiger partial charge in [-0.25, -0.2) is 15.0 Å². The Balaban J connectivity index is 2.01. The number of hydrogen-bond acceptors (Lipinski definition) is 8. The summed E-state index contributed by atoms with van der Waals surface area (Å²) >= 11 is 6.48. The first-order valence-electron chi connectivity index (χ1n) is 7.72. The number of nitrogens with zero attached hydrogens (tertiary/aromatic N) is 4. The molecule has 9 nitrogen and oxygen atoms in total. The molecule has 2 aromatic heterocycles. The second-order valence-electron chi connectivity index (χ2n) is 5.78. The molecule has 2 unspecified atom stereocenters. The molecule has 3 N–H and O–H groups in total. The van der Waals surface area contributed by atoms with E-state index < -0.39 is 13.2 Å². The lowest BCUT2D eigenvalue weighted by Gasteiger charge is -2.26. The lowest BCUT2D eigenvalue weighted by atomic mass is 10.1. The number of nitrogen functional groups attached to an aromatic ring is 1. The number of rotatable bonds is 6. The van der Waals surface area contributed by atoms with E-state index in [2.05, 4.69) is 15.0 Å². The minimum atomic E-state index is -3.57. The third-order valence-electron chi connectivity index (χ3n) is 3.92. The highest BCUT2D eigenvalue weighted by molar-refractivity contribution is 7.59. The third-order valence-corrected chi connectivity index (χ3v) is 7.03. The number of aliphatic hydroxyl groups excluding tert-OH is 1. The fourth-order valence-electron chi connectivity index (χ4n) is 2.85. The Hall–Kier alpha value is -1.51. The fraction of sp³-hybridized carbons (Fsp3) is 0.500. The van der Waals surface area contributed by atoms with E-state index in [1.807, 2.05) is 0 Å². The molecule has 25 heavy (non-hydrogen) atoms. The van der Waals surface area contributed by atoms with Crippen molar-refractivity contribution in [1.82, 2.24) is 19.5 Å². The molecule has 1 aliphatic rings. The monoisotopic (exact) mass is 387 g/mol. The van der Waals surface area contributed by atoms with Gasteiger partial charge < -0.3 is 19.9 Å². The lowest BCUT2D eigenvalue weighted by Crippen LogP contribution is -2.30. The highest BCUT2D eigenvalue weighted by atomic mass is 35.5. The van der Waals surface area contributed by atoms with Gasteiger partial charge in [0.15, 0.2) is 11.5 Å². The normalized spacial score (nSPS) is 26.7. The molecule has 0 aliphatic carbocycles. The molecule has 0 spiro atoms. The zero-order valence-corrected chi connectivity index (χ0v) is 15.5. The summed E-state index contributed by atoms with van der Waals surface area (Å²) in [4.78, 5) is 12.3. The fourth-order valence-corrected chi connectivity index (χ4v) is 5.60. The van der Waals surface area contributed by atoms with E-state index >= 15 is 0 Å². The molecular formula is C14H19ClN5O4P. The average molecular weight is 388 g/mol. The molecule has 3 rings (SSSR count). The molecule has 11 heteroatoms. The van der Waals surface area contributed by atoms with E-state index in [1.54, 1.807) is 24.7 Å². The van der Waals surface area contributed by atoms with Gasteiger partial charge in [-0.2, -0.15) is 0 Å². The maximum atomic E-state index is 13.0.